The van der Waals surface area contributed by atoms with Gasteiger partial charge in [0.15, 0.2) is 0 Å². The van der Waals surface area contributed by atoms with Crippen LogP contribution in [0, 0.1) is 5.41 Å². The number of carboxylic acids is 1. The molecule has 0 aliphatic carbocycles. The number of hydrogen-bond donors (Lipinski definition) is 2. The number of benzene rings is 1. The molecule has 0 fully saturated rings. The van der Waals surface area contributed by atoms with Gasteiger partial charge in [-0.2, -0.15) is 0 Å². The van der Waals surface area contributed by atoms with Gasteiger partial charge >= 0.3 is 5.97 Å². The van der Waals surface area contributed by atoms with Gasteiger partial charge in [0.05, 0.1) is 12.5 Å². The number of hydrogen-bond acceptors (Lipinski definition) is 4. The number of carbonyl (C=O) groups is 1. The van der Waals surface area contributed by atoms with E-state index in [1.807, 2.05) is 0 Å². The Balaban J connectivity index is 3.06. The van der Waals surface area contributed by atoms with E-state index in [-0.39, 0.29) is 17.2 Å². The average molecular weight is 366 g/mol. The van der Waals surface area contributed by atoms with E-state index in [9.17, 15) is 13.2 Å². The third-order valence-corrected chi connectivity index (χ3v) is 4.61. The van der Waals surface area contributed by atoms with Gasteiger partial charge in [0.1, 0.15) is 10.6 Å². The maximum atomic E-state index is 12.2. The molecule has 6 nitrogen and oxygen atoms in total. The van der Waals surface area contributed by atoms with Crippen molar-refractivity contribution in [2.24, 2.45) is 5.41 Å². The average Bonchev–Trinajstić information content (AvgIpc) is 2.36. The van der Waals surface area contributed by atoms with Crippen LogP contribution >= 0.6 is 15.9 Å². The van der Waals surface area contributed by atoms with Gasteiger partial charge in [-0.15, -0.1) is 0 Å². The topological polar surface area (TPSA) is 92.7 Å². The number of nitrogens with one attached hydrogen (secondary N) is 1. The van der Waals surface area contributed by atoms with Crippen LogP contribution in [0.15, 0.2) is 27.6 Å². The van der Waals surface area contributed by atoms with Gasteiger partial charge in [-0.1, -0.05) is 15.9 Å². The van der Waals surface area contributed by atoms with E-state index in [2.05, 4.69) is 20.7 Å². The van der Waals surface area contributed by atoms with E-state index in [4.69, 9.17) is 9.84 Å². The van der Waals surface area contributed by atoms with Crippen LogP contribution in [0.2, 0.25) is 0 Å². The van der Waals surface area contributed by atoms with Crippen LogP contribution in [0.1, 0.15) is 13.8 Å². The molecule has 0 radical (unpaired) electrons. The molecular weight excluding hydrogens is 350 g/mol. The van der Waals surface area contributed by atoms with Crippen LogP contribution in [0.5, 0.6) is 5.75 Å². The highest BCUT2D eigenvalue weighted by Gasteiger charge is 2.30. The lowest BCUT2D eigenvalue weighted by Crippen LogP contribution is -2.38. The van der Waals surface area contributed by atoms with Crippen LogP contribution in [-0.2, 0) is 14.8 Å². The van der Waals surface area contributed by atoms with E-state index >= 15 is 0 Å². The quantitative estimate of drug-likeness (QED) is 0.802. The van der Waals surface area contributed by atoms with Gasteiger partial charge in [0.25, 0.3) is 0 Å². The van der Waals surface area contributed by atoms with Gasteiger partial charge in [-0.25, -0.2) is 13.1 Å². The van der Waals surface area contributed by atoms with Gasteiger partial charge in [0, 0.05) is 11.0 Å². The van der Waals surface area contributed by atoms with Crippen molar-refractivity contribution >= 4 is 31.9 Å². The van der Waals surface area contributed by atoms with E-state index in [0.29, 0.717) is 4.47 Å². The molecule has 1 aromatic carbocycles. The number of methoxy groups -OCH3 is 1. The van der Waals surface area contributed by atoms with Crippen molar-refractivity contribution in [1.82, 2.24) is 4.72 Å². The maximum absolute atomic E-state index is 12.2. The normalized spacial score (nSPS) is 12.2. The molecule has 0 bridgehead atoms. The smallest absolute Gasteiger partial charge is 0.310 e. The fourth-order valence-electron chi connectivity index (χ4n) is 1.29. The lowest BCUT2D eigenvalue weighted by atomic mass is 9.95. The maximum Gasteiger partial charge on any atom is 0.310 e. The molecule has 0 amide bonds. The summed E-state index contributed by atoms with van der Waals surface area (Å²) in [6.07, 6.45) is 0. The van der Waals surface area contributed by atoms with Crippen LogP contribution < -0.4 is 9.46 Å². The Kier molecular flexibility index (Phi) is 5.17. The number of halogens is 1. The standard InChI is InChI=1S/C12H16BrNO5S/c1-12(2,11(15)16)7-14-20(17,18)10-6-8(13)4-5-9(10)19-3/h4-6,14H,7H2,1-3H3,(H,15,16). The fraction of sp³-hybridized carbons (Fsp3) is 0.417. The number of sulfonamides is 1. The van der Waals surface area contributed by atoms with E-state index in [1.165, 1.54) is 33.1 Å². The molecule has 0 aromatic heterocycles. The minimum absolute atomic E-state index is 0.0458. The third kappa shape index (κ3) is 3.94. The van der Waals surface area contributed by atoms with E-state index in [0.717, 1.165) is 0 Å². The second-order valence-electron chi connectivity index (χ2n) is 4.81. The number of ether oxygens (including phenoxy) is 1. The predicted octanol–water partition coefficient (Wildman–Crippen LogP) is 1.85. The Morgan fingerprint density at radius 3 is 2.55 bits per heavy atom. The van der Waals surface area contributed by atoms with Crippen LogP contribution in [0.4, 0.5) is 0 Å². The molecule has 0 unspecified atom stereocenters. The SMILES string of the molecule is COc1ccc(Br)cc1S(=O)(=O)NCC(C)(C)C(=O)O. The largest absolute Gasteiger partial charge is 0.495 e. The fourth-order valence-corrected chi connectivity index (χ4v) is 3.21. The number of carboxylic acid groups (broad SMARTS) is 1. The van der Waals surface area contributed by atoms with Crippen LogP contribution in [0.25, 0.3) is 0 Å². The molecule has 20 heavy (non-hydrogen) atoms. The molecule has 0 heterocycles. The molecule has 0 saturated heterocycles. The lowest BCUT2D eigenvalue weighted by Gasteiger charge is -2.20. The van der Waals surface area contributed by atoms with Crippen molar-refractivity contribution in [3.63, 3.8) is 0 Å². The Bertz CT molecular complexity index is 612. The molecule has 8 heteroatoms. The zero-order valence-electron chi connectivity index (χ0n) is 11.3. The first-order valence-electron chi connectivity index (χ1n) is 5.67. The van der Waals surface area contributed by atoms with Gasteiger partial charge < -0.3 is 9.84 Å². The van der Waals surface area contributed by atoms with E-state index in [1.54, 1.807) is 6.07 Å². The summed E-state index contributed by atoms with van der Waals surface area (Å²) in [6.45, 7) is 2.66. The van der Waals surface area contributed by atoms with Crippen molar-refractivity contribution in [3.8, 4) is 5.75 Å². The van der Waals surface area contributed by atoms with Gasteiger partial charge in [-0.3, -0.25) is 4.79 Å². The monoisotopic (exact) mass is 365 g/mol. The Labute approximate surface area is 126 Å². The molecule has 2 N–H and O–H groups in total. The summed E-state index contributed by atoms with van der Waals surface area (Å²) in [7, 11) is -2.50. The summed E-state index contributed by atoms with van der Waals surface area (Å²) in [5.74, 6) is -0.893. The van der Waals surface area contributed by atoms with Crippen LogP contribution in [-0.4, -0.2) is 33.1 Å². The Hall–Kier alpha value is -1.12. The van der Waals surface area contributed by atoms with E-state index < -0.39 is 21.4 Å². The number of rotatable bonds is 6. The van der Waals surface area contributed by atoms with Crippen molar-refractivity contribution in [1.29, 1.82) is 0 Å². The van der Waals surface area contributed by atoms with Crippen molar-refractivity contribution in [3.05, 3.63) is 22.7 Å². The molecule has 1 rings (SSSR count). The summed E-state index contributed by atoms with van der Waals surface area (Å²) in [5, 5.41) is 8.99. The number of aliphatic carboxylic acids is 1. The molecule has 0 atom stereocenters. The molecule has 0 spiro atoms. The summed E-state index contributed by atoms with van der Waals surface area (Å²) in [4.78, 5) is 10.9. The highest BCUT2D eigenvalue weighted by molar-refractivity contribution is 9.10. The molecule has 0 saturated carbocycles. The summed E-state index contributed by atoms with van der Waals surface area (Å²) < 4.78 is 32.3. The van der Waals surface area contributed by atoms with Crippen LogP contribution in [0.3, 0.4) is 0 Å². The van der Waals surface area contributed by atoms with Crippen molar-refractivity contribution in [2.45, 2.75) is 18.7 Å². The molecule has 0 aliphatic heterocycles. The highest BCUT2D eigenvalue weighted by atomic mass is 79.9. The summed E-state index contributed by atoms with van der Waals surface area (Å²) in [6, 6.07) is 4.56. The molecule has 1 aromatic rings. The van der Waals surface area contributed by atoms with Crippen molar-refractivity contribution in [2.75, 3.05) is 13.7 Å². The minimum atomic E-state index is -3.86. The zero-order chi connectivity index (χ0) is 15.6. The molecular formula is C12H16BrNO5S. The first kappa shape index (κ1) is 16.9. The van der Waals surface area contributed by atoms with Gasteiger partial charge in [0.2, 0.25) is 10.0 Å². The molecule has 0 aliphatic rings. The third-order valence-electron chi connectivity index (χ3n) is 2.70. The summed E-state index contributed by atoms with van der Waals surface area (Å²) in [5.41, 5.74) is -1.20. The Morgan fingerprint density at radius 1 is 1.45 bits per heavy atom. The lowest BCUT2D eigenvalue weighted by molar-refractivity contribution is -0.146. The second kappa shape index (κ2) is 6.11. The minimum Gasteiger partial charge on any atom is -0.495 e. The zero-order valence-corrected chi connectivity index (χ0v) is 13.7. The van der Waals surface area contributed by atoms with Crippen molar-refractivity contribution < 1.29 is 23.1 Å². The molecule has 112 valence electrons. The second-order valence-corrected chi connectivity index (χ2v) is 7.46. The highest BCUT2D eigenvalue weighted by Crippen LogP contribution is 2.27. The van der Waals surface area contributed by atoms with Gasteiger partial charge in [-0.05, 0) is 32.0 Å². The Morgan fingerprint density at radius 2 is 2.05 bits per heavy atom. The predicted molar refractivity (Wildman–Crippen MR) is 77.3 cm³/mol. The first-order chi connectivity index (χ1) is 9.10. The summed E-state index contributed by atoms with van der Waals surface area (Å²) >= 11 is 3.19. The first-order valence-corrected chi connectivity index (χ1v) is 7.94.